The van der Waals surface area contributed by atoms with Gasteiger partial charge in [0.05, 0.1) is 5.57 Å². The average Bonchev–Trinajstić information content (AvgIpc) is 3.21. The van der Waals surface area contributed by atoms with Crippen LogP contribution in [0.25, 0.3) is 0 Å². The molecule has 2 heterocycles. The Labute approximate surface area is 114 Å². The highest BCUT2D eigenvalue weighted by atomic mass is 35.5. The molecule has 0 aromatic carbocycles. The van der Waals surface area contributed by atoms with Crippen LogP contribution < -0.4 is 4.90 Å². The van der Waals surface area contributed by atoms with Crippen LogP contribution in [0.4, 0.5) is 10.2 Å². The zero-order valence-corrected chi connectivity index (χ0v) is 10.8. The minimum absolute atomic E-state index is 0.152. The number of aliphatic carboxylic acids is 1. The zero-order valence-electron chi connectivity index (χ0n) is 10.1. The zero-order chi connectivity index (χ0) is 13.6. The minimum Gasteiger partial charge on any atom is -0.478 e. The molecule has 1 fully saturated rings. The van der Waals surface area contributed by atoms with Gasteiger partial charge in [-0.15, -0.1) is 0 Å². The smallest absolute Gasteiger partial charge is 0.333 e. The quantitative estimate of drug-likeness (QED) is 0.866. The lowest BCUT2D eigenvalue weighted by Crippen LogP contribution is -2.27. The predicted octanol–water partition coefficient (Wildman–Crippen LogP) is 2.70. The molecule has 4 nitrogen and oxygen atoms in total. The van der Waals surface area contributed by atoms with Crippen molar-refractivity contribution < 1.29 is 14.3 Å². The van der Waals surface area contributed by atoms with Crippen LogP contribution in [0.2, 0.25) is 5.15 Å². The molecule has 0 radical (unpaired) electrons. The molecule has 0 spiro atoms. The summed E-state index contributed by atoms with van der Waals surface area (Å²) in [7, 11) is 0. The van der Waals surface area contributed by atoms with Crippen molar-refractivity contribution in [2.75, 3.05) is 4.90 Å². The van der Waals surface area contributed by atoms with Gasteiger partial charge in [-0.3, -0.25) is 0 Å². The minimum atomic E-state index is -0.951. The van der Waals surface area contributed by atoms with Gasteiger partial charge in [0.15, 0.2) is 0 Å². The van der Waals surface area contributed by atoms with Gasteiger partial charge in [-0.2, -0.15) is 0 Å². The van der Waals surface area contributed by atoms with E-state index in [4.69, 9.17) is 16.7 Å². The summed E-state index contributed by atoms with van der Waals surface area (Å²) in [6, 6.07) is 1.91. The Morgan fingerprint density at radius 1 is 1.58 bits per heavy atom. The summed E-state index contributed by atoms with van der Waals surface area (Å²) in [6.07, 6.45) is 3.89. The molecule has 100 valence electrons. The number of hydrogen-bond donors (Lipinski definition) is 1. The van der Waals surface area contributed by atoms with Gasteiger partial charge >= 0.3 is 5.97 Å². The van der Waals surface area contributed by atoms with Gasteiger partial charge in [-0.05, 0) is 18.9 Å². The first-order valence-corrected chi connectivity index (χ1v) is 6.44. The Morgan fingerprint density at radius 3 is 2.89 bits per heavy atom. The topological polar surface area (TPSA) is 53.4 Å². The second kappa shape index (κ2) is 4.49. The summed E-state index contributed by atoms with van der Waals surface area (Å²) in [4.78, 5) is 17.3. The van der Waals surface area contributed by atoms with Crippen LogP contribution in [0.1, 0.15) is 24.0 Å². The van der Waals surface area contributed by atoms with Crippen LogP contribution in [-0.4, -0.2) is 22.1 Å². The van der Waals surface area contributed by atoms with E-state index in [0.29, 0.717) is 17.0 Å². The monoisotopic (exact) mass is 282 g/mol. The molecule has 1 aliphatic carbocycles. The standard InChI is InChI=1S/C13H12ClFN2O2/c14-11-8(5-15)3-7-4-9(13(18)19)6-17(10-1-2-10)12(7)16-11/h3,6,10H,1-2,4-5H2,(H,18,19). The molecule has 3 rings (SSSR count). The molecule has 0 amide bonds. The van der Waals surface area contributed by atoms with Crippen molar-refractivity contribution in [3.63, 3.8) is 0 Å². The molecule has 0 unspecified atom stereocenters. The Hall–Kier alpha value is -1.62. The van der Waals surface area contributed by atoms with Crippen LogP contribution in [0.5, 0.6) is 0 Å². The highest BCUT2D eigenvalue weighted by molar-refractivity contribution is 6.30. The molecule has 0 bridgehead atoms. The van der Waals surface area contributed by atoms with Crippen molar-refractivity contribution in [1.29, 1.82) is 0 Å². The first-order valence-electron chi connectivity index (χ1n) is 6.06. The number of alkyl halides is 1. The Kier molecular flexibility index (Phi) is 2.93. The molecular weight excluding hydrogens is 271 g/mol. The fourth-order valence-corrected chi connectivity index (χ4v) is 2.45. The van der Waals surface area contributed by atoms with E-state index in [1.165, 1.54) is 0 Å². The number of carboxylic acid groups (broad SMARTS) is 1. The first-order chi connectivity index (χ1) is 9.10. The normalized spacial score (nSPS) is 18.0. The number of carbonyl (C=O) groups is 1. The van der Waals surface area contributed by atoms with Crippen molar-refractivity contribution in [3.05, 3.63) is 34.1 Å². The Bertz CT molecular complexity index is 584. The number of anilines is 1. The molecular formula is C13H12ClFN2O2. The highest BCUT2D eigenvalue weighted by Crippen LogP contribution is 2.38. The number of rotatable bonds is 3. The fourth-order valence-electron chi connectivity index (χ4n) is 2.26. The van der Waals surface area contributed by atoms with Gasteiger partial charge in [0.25, 0.3) is 0 Å². The number of aromatic nitrogens is 1. The maximum atomic E-state index is 12.8. The summed E-state index contributed by atoms with van der Waals surface area (Å²) in [5.41, 5.74) is 1.33. The lowest BCUT2D eigenvalue weighted by molar-refractivity contribution is -0.132. The van der Waals surface area contributed by atoms with E-state index in [2.05, 4.69) is 4.98 Å². The maximum absolute atomic E-state index is 12.8. The first kappa shape index (κ1) is 12.4. The number of hydrogen-bond acceptors (Lipinski definition) is 3. The van der Waals surface area contributed by atoms with E-state index in [1.54, 1.807) is 12.3 Å². The van der Waals surface area contributed by atoms with E-state index in [-0.39, 0.29) is 17.6 Å². The van der Waals surface area contributed by atoms with E-state index in [9.17, 15) is 9.18 Å². The highest BCUT2D eigenvalue weighted by Gasteiger charge is 2.34. The summed E-state index contributed by atoms with van der Waals surface area (Å²) < 4.78 is 12.8. The van der Waals surface area contributed by atoms with Crippen molar-refractivity contribution in [2.24, 2.45) is 0 Å². The number of pyridine rings is 1. The number of carboxylic acids is 1. The lowest BCUT2D eigenvalue weighted by Gasteiger charge is -2.27. The van der Waals surface area contributed by atoms with E-state index in [1.807, 2.05) is 4.90 Å². The third kappa shape index (κ3) is 2.18. The number of nitrogens with zero attached hydrogens (tertiary/aromatic N) is 2. The molecule has 6 heteroatoms. The van der Waals surface area contributed by atoms with Gasteiger partial charge in [0.2, 0.25) is 0 Å². The van der Waals surface area contributed by atoms with Crippen LogP contribution in [-0.2, 0) is 17.9 Å². The van der Waals surface area contributed by atoms with Crippen LogP contribution in [0.3, 0.4) is 0 Å². The summed E-state index contributed by atoms with van der Waals surface area (Å²) in [5, 5.41) is 9.30. The van der Waals surface area contributed by atoms with Crippen LogP contribution in [0.15, 0.2) is 17.8 Å². The number of halogens is 2. The maximum Gasteiger partial charge on any atom is 0.333 e. The van der Waals surface area contributed by atoms with Crippen molar-refractivity contribution >= 4 is 23.4 Å². The summed E-state index contributed by atoms with van der Waals surface area (Å²) in [6.45, 7) is -0.700. The molecule has 1 aromatic heterocycles. The average molecular weight is 283 g/mol. The van der Waals surface area contributed by atoms with Crippen LogP contribution >= 0.6 is 11.6 Å². The molecule has 1 aromatic rings. The largest absolute Gasteiger partial charge is 0.478 e. The third-order valence-electron chi connectivity index (χ3n) is 3.38. The third-order valence-corrected chi connectivity index (χ3v) is 3.71. The van der Waals surface area contributed by atoms with Gasteiger partial charge in [-0.25, -0.2) is 14.2 Å². The molecule has 1 aliphatic heterocycles. The lowest BCUT2D eigenvalue weighted by atomic mass is 10.0. The number of fused-ring (bicyclic) bond motifs is 1. The molecule has 1 saturated carbocycles. The molecule has 2 aliphatic rings. The molecule has 19 heavy (non-hydrogen) atoms. The second-order valence-corrected chi connectivity index (χ2v) is 5.19. The summed E-state index contributed by atoms with van der Waals surface area (Å²) >= 11 is 5.94. The van der Waals surface area contributed by atoms with Gasteiger partial charge in [0.1, 0.15) is 17.6 Å². The summed E-state index contributed by atoms with van der Waals surface area (Å²) in [5.74, 6) is -0.289. The van der Waals surface area contributed by atoms with E-state index < -0.39 is 12.6 Å². The predicted molar refractivity (Wildman–Crippen MR) is 69.0 cm³/mol. The van der Waals surface area contributed by atoms with Gasteiger partial charge < -0.3 is 10.0 Å². The SMILES string of the molecule is O=C(O)C1=CN(C2CC2)c2nc(Cl)c(CF)cc2C1. The van der Waals surface area contributed by atoms with E-state index in [0.717, 1.165) is 18.4 Å². The van der Waals surface area contributed by atoms with Gasteiger partial charge in [0, 0.05) is 29.8 Å². The van der Waals surface area contributed by atoms with E-state index >= 15 is 0 Å². The van der Waals surface area contributed by atoms with Crippen molar-refractivity contribution in [3.8, 4) is 0 Å². The molecule has 0 atom stereocenters. The van der Waals surface area contributed by atoms with Crippen LogP contribution in [0, 0.1) is 0 Å². The van der Waals surface area contributed by atoms with Gasteiger partial charge in [-0.1, -0.05) is 11.6 Å². The Morgan fingerprint density at radius 2 is 2.32 bits per heavy atom. The Balaban J connectivity index is 2.08. The molecule has 1 N–H and O–H groups in total. The fraction of sp³-hybridized carbons (Fsp3) is 0.385. The van der Waals surface area contributed by atoms with Crippen molar-refractivity contribution in [2.45, 2.75) is 32.0 Å². The molecule has 0 saturated heterocycles. The van der Waals surface area contributed by atoms with Crippen molar-refractivity contribution in [1.82, 2.24) is 4.98 Å². The second-order valence-electron chi connectivity index (χ2n) is 4.83.